The molecule has 6 heteroatoms. The summed E-state index contributed by atoms with van der Waals surface area (Å²) in [4.78, 5) is 0. The van der Waals surface area contributed by atoms with Crippen molar-refractivity contribution >= 4 is 5.69 Å². The third kappa shape index (κ3) is 5.32. The van der Waals surface area contributed by atoms with Gasteiger partial charge in [-0.05, 0) is 93.6 Å². The van der Waals surface area contributed by atoms with Gasteiger partial charge in [-0.1, -0.05) is 0 Å². The molecule has 0 aliphatic heterocycles. The normalized spacial score (nSPS) is 35.1. The van der Waals surface area contributed by atoms with E-state index in [1.807, 2.05) is 0 Å². The molecule has 4 nitrogen and oxygen atoms in total. The molecule has 0 aromatic heterocycles. The average Bonchev–Trinajstić information content (AvgIpc) is 2.92. The number of nitrogens with one attached hydrogen (secondary N) is 1. The first-order chi connectivity index (χ1) is 14.5. The van der Waals surface area contributed by atoms with Crippen LogP contribution in [0.2, 0.25) is 0 Å². The lowest BCUT2D eigenvalue weighted by Crippen LogP contribution is -2.34. The van der Waals surface area contributed by atoms with E-state index in [1.165, 1.54) is 37.8 Å². The van der Waals surface area contributed by atoms with E-state index in [1.54, 1.807) is 0 Å². The molecule has 0 spiro atoms. The molecule has 3 saturated carbocycles. The van der Waals surface area contributed by atoms with Crippen molar-refractivity contribution in [2.24, 2.45) is 23.7 Å². The van der Waals surface area contributed by atoms with E-state index < -0.39 is 17.7 Å². The molecule has 0 saturated heterocycles. The number of aliphatic hydroxyl groups is 2. The van der Waals surface area contributed by atoms with Gasteiger partial charge >= 0.3 is 0 Å². The lowest BCUT2D eigenvalue weighted by molar-refractivity contribution is -0.0563. The Hall–Kier alpha value is -1.24. The van der Waals surface area contributed by atoms with Crippen LogP contribution in [0.5, 0.6) is 0 Å². The SMILES string of the molecule is OC[C@@H](O)COC1CCC2CCC3CC(Nc4ccc(F)cc4F)CCC3CC2C1. The van der Waals surface area contributed by atoms with E-state index in [4.69, 9.17) is 9.84 Å². The maximum atomic E-state index is 14.0. The molecule has 3 aliphatic carbocycles. The van der Waals surface area contributed by atoms with Crippen LogP contribution in [-0.4, -0.2) is 41.7 Å². The lowest BCUT2D eigenvalue weighted by atomic mass is 9.71. The molecule has 1 aromatic carbocycles. The molecule has 7 atom stereocenters. The highest BCUT2D eigenvalue weighted by molar-refractivity contribution is 5.45. The van der Waals surface area contributed by atoms with Crippen molar-refractivity contribution in [3.8, 4) is 0 Å². The zero-order valence-corrected chi connectivity index (χ0v) is 17.6. The smallest absolute Gasteiger partial charge is 0.149 e. The molecule has 168 valence electrons. The minimum absolute atomic E-state index is 0.198. The predicted molar refractivity (Wildman–Crippen MR) is 112 cm³/mol. The zero-order valence-electron chi connectivity index (χ0n) is 17.6. The molecule has 4 rings (SSSR count). The Balaban J connectivity index is 1.31. The Morgan fingerprint density at radius 3 is 2.47 bits per heavy atom. The summed E-state index contributed by atoms with van der Waals surface area (Å²) in [7, 11) is 0. The van der Waals surface area contributed by atoms with Gasteiger partial charge in [-0.15, -0.1) is 0 Å². The summed E-state index contributed by atoms with van der Waals surface area (Å²) in [6.45, 7) is -0.0303. The van der Waals surface area contributed by atoms with E-state index in [9.17, 15) is 13.9 Å². The molecule has 3 aliphatic rings. The second kappa shape index (κ2) is 9.92. The van der Waals surface area contributed by atoms with E-state index in [-0.39, 0.29) is 25.4 Å². The van der Waals surface area contributed by atoms with Crippen molar-refractivity contribution < 1.29 is 23.7 Å². The van der Waals surface area contributed by atoms with Crippen LogP contribution in [0.25, 0.3) is 0 Å². The standard InChI is InChI=1S/C24H35F2NO3/c25-19-5-8-24(23(26)12-19)27-20-6-3-16-9-18-11-22(30-14-21(29)13-28)7-4-15(18)1-2-17(16)10-20/h5,8,12,15-18,20-22,27-29H,1-4,6-7,9-11,13-14H2/t15?,16?,17?,18?,20?,21-,22?/m1/s1. The Labute approximate surface area is 178 Å². The number of ether oxygens (including phenoxy) is 1. The molecule has 6 unspecified atom stereocenters. The minimum atomic E-state index is -0.782. The molecule has 3 fully saturated rings. The van der Waals surface area contributed by atoms with Gasteiger partial charge < -0.3 is 20.3 Å². The van der Waals surface area contributed by atoms with Crippen molar-refractivity contribution in [1.29, 1.82) is 0 Å². The second-order valence-electron chi connectivity index (χ2n) is 9.74. The number of fused-ring (bicyclic) bond motifs is 2. The quantitative estimate of drug-likeness (QED) is 0.631. The van der Waals surface area contributed by atoms with Crippen LogP contribution in [0.1, 0.15) is 57.8 Å². The van der Waals surface area contributed by atoms with Crippen LogP contribution >= 0.6 is 0 Å². The van der Waals surface area contributed by atoms with Crippen LogP contribution in [0, 0.1) is 35.3 Å². The summed E-state index contributed by atoms with van der Waals surface area (Å²) in [5.41, 5.74) is 0.409. The van der Waals surface area contributed by atoms with Gasteiger partial charge in [0.25, 0.3) is 0 Å². The molecular weight excluding hydrogens is 388 g/mol. The van der Waals surface area contributed by atoms with Crippen molar-refractivity contribution in [1.82, 2.24) is 0 Å². The monoisotopic (exact) mass is 423 g/mol. The summed E-state index contributed by atoms with van der Waals surface area (Å²) < 4.78 is 33.1. The van der Waals surface area contributed by atoms with Gasteiger partial charge in [0.1, 0.15) is 17.7 Å². The van der Waals surface area contributed by atoms with Crippen molar-refractivity contribution in [3.63, 3.8) is 0 Å². The molecule has 0 heterocycles. The molecule has 0 amide bonds. The Morgan fingerprint density at radius 1 is 0.933 bits per heavy atom. The highest BCUT2D eigenvalue weighted by Gasteiger charge is 2.40. The van der Waals surface area contributed by atoms with Gasteiger partial charge in [-0.2, -0.15) is 0 Å². The first-order valence-electron chi connectivity index (χ1n) is 11.6. The Morgan fingerprint density at radius 2 is 1.67 bits per heavy atom. The van der Waals surface area contributed by atoms with Crippen molar-refractivity contribution in [2.45, 2.75) is 76.0 Å². The zero-order chi connectivity index (χ0) is 21.1. The second-order valence-corrected chi connectivity index (χ2v) is 9.74. The number of halogens is 2. The van der Waals surface area contributed by atoms with Gasteiger partial charge in [-0.25, -0.2) is 8.78 Å². The molecule has 30 heavy (non-hydrogen) atoms. The molecule has 0 bridgehead atoms. The maximum absolute atomic E-state index is 14.0. The van der Waals surface area contributed by atoms with Crippen molar-refractivity contribution in [2.75, 3.05) is 18.5 Å². The summed E-state index contributed by atoms with van der Waals surface area (Å²) in [6.07, 6.45) is 9.70. The first-order valence-corrected chi connectivity index (χ1v) is 11.6. The third-order valence-corrected chi connectivity index (χ3v) is 7.77. The number of benzene rings is 1. The fraction of sp³-hybridized carbons (Fsp3) is 0.750. The molecule has 0 radical (unpaired) electrons. The fourth-order valence-electron chi connectivity index (χ4n) is 6.17. The fourth-order valence-corrected chi connectivity index (χ4v) is 6.17. The largest absolute Gasteiger partial charge is 0.394 e. The van der Waals surface area contributed by atoms with Gasteiger partial charge in [0.2, 0.25) is 0 Å². The minimum Gasteiger partial charge on any atom is -0.394 e. The highest BCUT2D eigenvalue weighted by atomic mass is 19.1. The van der Waals surface area contributed by atoms with Crippen LogP contribution in [0.3, 0.4) is 0 Å². The number of hydrogen-bond acceptors (Lipinski definition) is 4. The molecule has 1 aromatic rings. The summed E-state index contributed by atoms with van der Waals surface area (Å²) in [5, 5.41) is 21.9. The van der Waals surface area contributed by atoms with Crippen LogP contribution in [0.4, 0.5) is 14.5 Å². The topological polar surface area (TPSA) is 61.7 Å². The van der Waals surface area contributed by atoms with Crippen LogP contribution in [-0.2, 0) is 4.74 Å². The lowest BCUT2D eigenvalue weighted by Gasteiger charge is -2.38. The third-order valence-electron chi connectivity index (χ3n) is 7.77. The van der Waals surface area contributed by atoms with Crippen LogP contribution < -0.4 is 5.32 Å². The number of rotatable bonds is 6. The Bertz CT molecular complexity index is 703. The van der Waals surface area contributed by atoms with Crippen molar-refractivity contribution in [3.05, 3.63) is 29.8 Å². The first kappa shape index (κ1) is 22.0. The number of hydrogen-bond donors (Lipinski definition) is 3. The summed E-state index contributed by atoms with van der Waals surface area (Å²) >= 11 is 0. The number of aliphatic hydroxyl groups excluding tert-OH is 2. The van der Waals surface area contributed by atoms with Gasteiger partial charge in [0.05, 0.1) is 25.0 Å². The average molecular weight is 424 g/mol. The van der Waals surface area contributed by atoms with Gasteiger partial charge in [0.15, 0.2) is 0 Å². The van der Waals surface area contributed by atoms with E-state index in [0.717, 1.165) is 50.0 Å². The number of anilines is 1. The van der Waals surface area contributed by atoms with E-state index in [0.29, 0.717) is 17.5 Å². The molecular formula is C24H35F2NO3. The van der Waals surface area contributed by atoms with E-state index >= 15 is 0 Å². The Kier molecular flexibility index (Phi) is 7.27. The predicted octanol–water partition coefficient (Wildman–Crippen LogP) is 4.50. The van der Waals surface area contributed by atoms with Gasteiger partial charge in [-0.3, -0.25) is 0 Å². The summed E-state index contributed by atoms with van der Waals surface area (Å²) in [6, 6.07) is 4.02. The van der Waals surface area contributed by atoms with Gasteiger partial charge in [0, 0.05) is 12.1 Å². The van der Waals surface area contributed by atoms with Crippen LogP contribution in [0.15, 0.2) is 18.2 Å². The summed E-state index contributed by atoms with van der Waals surface area (Å²) in [5.74, 6) is 1.78. The highest BCUT2D eigenvalue weighted by Crippen LogP contribution is 2.48. The van der Waals surface area contributed by atoms with E-state index in [2.05, 4.69) is 5.32 Å². The molecule has 3 N–H and O–H groups in total. The maximum Gasteiger partial charge on any atom is 0.149 e.